The van der Waals surface area contributed by atoms with E-state index >= 15 is 0 Å². The third kappa shape index (κ3) is 2.85. The van der Waals surface area contributed by atoms with E-state index in [1.807, 2.05) is 6.20 Å². The van der Waals surface area contributed by atoms with Gasteiger partial charge in [0.05, 0.1) is 5.54 Å². The molecule has 0 unspecified atom stereocenters. The molecule has 0 bridgehead atoms. The van der Waals surface area contributed by atoms with Crippen LogP contribution in [0, 0.1) is 0 Å². The van der Waals surface area contributed by atoms with Gasteiger partial charge in [-0.1, -0.05) is 30.3 Å². The number of nitrogens with two attached hydrogens (primary N) is 1. The maximum Gasteiger partial charge on any atom is 0.205 e. The summed E-state index contributed by atoms with van der Waals surface area (Å²) in [5.74, 6) is 0.489. The van der Waals surface area contributed by atoms with Crippen LogP contribution in [-0.2, 0) is 6.61 Å². The van der Waals surface area contributed by atoms with E-state index < -0.39 is 0 Å². The zero-order valence-corrected chi connectivity index (χ0v) is 12.7. The average molecular weight is 284 g/mol. The molecule has 1 saturated heterocycles. The zero-order chi connectivity index (χ0) is 14.9. The van der Waals surface area contributed by atoms with Crippen molar-refractivity contribution in [2.45, 2.75) is 44.4 Å². The Labute approximate surface area is 126 Å². The molecule has 3 heteroatoms. The first-order valence-corrected chi connectivity index (χ1v) is 7.62. The van der Waals surface area contributed by atoms with E-state index in [-0.39, 0.29) is 12.1 Å². The van der Waals surface area contributed by atoms with Gasteiger partial charge < -0.3 is 10.4 Å². The van der Waals surface area contributed by atoms with Gasteiger partial charge in [0, 0.05) is 30.0 Å². The third-order valence-corrected chi connectivity index (χ3v) is 4.70. The van der Waals surface area contributed by atoms with E-state index in [2.05, 4.69) is 66.6 Å². The molecule has 1 aromatic carbocycles. The van der Waals surface area contributed by atoms with Gasteiger partial charge in [-0.2, -0.15) is 0 Å². The Morgan fingerprint density at radius 3 is 2.67 bits per heavy atom. The number of aromatic nitrogens is 1. The van der Waals surface area contributed by atoms with E-state index in [4.69, 9.17) is 0 Å². The maximum atomic E-state index is 9.33. The van der Waals surface area contributed by atoms with Gasteiger partial charge in [0.25, 0.3) is 0 Å². The van der Waals surface area contributed by atoms with Crippen molar-refractivity contribution >= 4 is 0 Å². The number of pyridine rings is 1. The minimum absolute atomic E-state index is 0.0623. The van der Waals surface area contributed by atoms with Crippen molar-refractivity contribution in [1.29, 1.82) is 0 Å². The second-order valence-electron chi connectivity index (χ2n) is 6.60. The van der Waals surface area contributed by atoms with Crippen LogP contribution in [0.2, 0.25) is 0 Å². The van der Waals surface area contributed by atoms with Gasteiger partial charge in [-0.3, -0.25) is 0 Å². The highest BCUT2D eigenvalue weighted by Crippen LogP contribution is 2.38. The fourth-order valence-corrected chi connectivity index (χ4v) is 3.60. The molecule has 0 saturated carbocycles. The summed E-state index contributed by atoms with van der Waals surface area (Å²) < 4.78 is 0. The van der Waals surface area contributed by atoms with Crippen LogP contribution in [0.5, 0.6) is 0 Å². The molecular formula is C18H24N2O+2. The second kappa shape index (κ2) is 5.58. The Balaban J connectivity index is 1.89. The normalized spacial score (nSPS) is 24.1. The molecule has 4 N–H and O–H groups in total. The van der Waals surface area contributed by atoms with Gasteiger partial charge in [0.15, 0.2) is 6.20 Å². The van der Waals surface area contributed by atoms with Crippen molar-refractivity contribution < 1.29 is 15.4 Å². The first-order valence-electron chi connectivity index (χ1n) is 7.62. The molecule has 3 rings (SSSR count). The van der Waals surface area contributed by atoms with Gasteiger partial charge in [-0.05, 0) is 19.4 Å². The summed E-state index contributed by atoms with van der Waals surface area (Å²) >= 11 is 0. The molecule has 0 aliphatic carbocycles. The summed E-state index contributed by atoms with van der Waals surface area (Å²) in [4.78, 5) is 3.09. The average Bonchev–Trinajstić information content (AvgIpc) is 2.84. The fraction of sp³-hybridized carbons (Fsp3) is 0.389. The van der Waals surface area contributed by atoms with Crippen molar-refractivity contribution in [2.75, 3.05) is 0 Å². The Hall–Kier alpha value is -1.71. The van der Waals surface area contributed by atoms with E-state index in [9.17, 15) is 5.11 Å². The molecule has 0 radical (unpaired) electrons. The van der Waals surface area contributed by atoms with E-state index in [0.717, 1.165) is 12.1 Å². The monoisotopic (exact) mass is 284 g/mol. The van der Waals surface area contributed by atoms with Crippen LogP contribution in [0.1, 0.15) is 49.0 Å². The largest absolute Gasteiger partial charge is 0.385 e. The minimum atomic E-state index is 0.0623. The third-order valence-electron chi connectivity index (χ3n) is 4.70. The number of aromatic amines is 1. The quantitative estimate of drug-likeness (QED) is 0.883. The van der Waals surface area contributed by atoms with Crippen LogP contribution in [-0.4, -0.2) is 10.6 Å². The first kappa shape index (κ1) is 14.2. The molecular weight excluding hydrogens is 260 g/mol. The number of rotatable bonds is 3. The van der Waals surface area contributed by atoms with Crippen molar-refractivity contribution in [3.63, 3.8) is 0 Å². The van der Waals surface area contributed by atoms with Crippen LogP contribution in [0.3, 0.4) is 0 Å². The maximum absolute atomic E-state index is 9.33. The SMILES string of the molecule is CC1(C)[NH2+][C@H](c2ccccc2)C[C@@H]1c1cc[nH+]c(CO)c1. The fourth-order valence-electron chi connectivity index (χ4n) is 3.60. The van der Waals surface area contributed by atoms with Gasteiger partial charge in [-0.15, -0.1) is 0 Å². The number of benzene rings is 1. The molecule has 2 heterocycles. The molecule has 1 aliphatic rings. The van der Waals surface area contributed by atoms with E-state index in [1.54, 1.807) is 0 Å². The summed E-state index contributed by atoms with van der Waals surface area (Å²) in [6.07, 6.45) is 3.07. The van der Waals surface area contributed by atoms with Gasteiger partial charge >= 0.3 is 0 Å². The molecule has 21 heavy (non-hydrogen) atoms. The number of quaternary nitrogens is 1. The molecule has 0 spiro atoms. The Bertz CT molecular complexity index is 610. The van der Waals surface area contributed by atoms with E-state index in [0.29, 0.717) is 12.0 Å². The van der Waals surface area contributed by atoms with Crippen molar-refractivity contribution in [1.82, 2.24) is 0 Å². The number of hydrogen-bond acceptors (Lipinski definition) is 1. The number of aliphatic hydroxyl groups is 1. The van der Waals surface area contributed by atoms with Crippen LogP contribution in [0.4, 0.5) is 0 Å². The highest BCUT2D eigenvalue weighted by atomic mass is 16.3. The topological polar surface area (TPSA) is 51.0 Å². The molecule has 1 fully saturated rings. The smallest absolute Gasteiger partial charge is 0.205 e. The van der Waals surface area contributed by atoms with Crippen LogP contribution in [0.15, 0.2) is 48.7 Å². The summed E-state index contributed by atoms with van der Waals surface area (Å²) in [5, 5.41) is 11.8. The van der Waals surface area contributed by atoms with Crippen LogP contribution >= 0.6 is 0 Å². The lowest BCUT2D eigenvalue weighted by atomic mass is 9.82. The van der Waals surface area contributed by atoms with Gasteiger partial charge in [0.2, 0.25) is 5.69 Å². The van der Waals surface area contributed by atoms with Crippen molar-refractivity contribution in [2.24, 2.45) is 0 Å². The number of H-pyrrole nitrogens is 1. The molecule has 2 atom stereocenters. The van der Waals surface area contributed by atoms with E-state index in [1.165, 1.54) is 11.1 Å². The Morgan fingerprint density at radius 1 is 1.19 bits per heavy atom. The number of nitrogens with one attached hydrogen (secondary N) is 1. The molecule has 0 amide bonds. The Kier molecular flexibility index (Phi) is 3.79. The summed E-state index contributed by atoms with van der Waals surface area (Å²) in [5.41, 5.74) is 3.76. The van der Waals surface area contributed by atoms with Gasteiger partial charge in [-0.25, -0.2) is 4.98 Å². The van der Waals surface area contributed by atoms with Gasteiger partial charge in [0.1, 0.15) is 12.6 Å². The molecule has 3 nitrogen and oxygen atoms in total. The Morgan fingerprint density at radius 2 is 1.95 bits per heavy atom. The first-order chi connectivity index (χ1) is 10.1. The summed E-state index contributed by atoms with van der Waals surface area (Å²) in [6.45, 7) is 4.69. The number of hydrogen-bond donors (Lipinski definition) is 2. The second-order valence-corrected chi connectivity index (χ2v) is 6.60. The minimum Gasteiger partial charge on any atom is -0.385 e. The number of aliphatic hydroxyl groups excluding tert-OH is 1. The molecule has 110 valence electrons. The highest BCUT2D eigenvalue weighted by Gasteiger charge is 2.45. The predicted octanol–water partition coefficient (Wildman–Crippen LogP) is 1.56. The summed E-state index contributed by atoms with van der Waals surface area (Å²) in [6, 6.07) is 15.5. The standard InChI is InChI=1S/C18H22N2O/c1-18(2)16(14-8-9-19-15(10-14)12-21)11-17(20-18)13-6-4-3-5-7-13/h3-10,16-17,20-21H,11-12H2,1-2H3/p+2/t16-,17+/m1/s1. The summed E-state index contributed by atoms with van der Waals surface area (Å²) in [7, 11) is 0. The lowest BCUT2D eigenvalue weighted by Gasteiger charge is -2.23. The van der Waals surface area contributed by atoms with Crippen molar-refractivity contribution in [3.8, 4) is 0 Å². The van der Waals surface area contributed by atoms with Crippen LogP contribution in [0.25, 0.3) is 0 Å². The highest BCUT2D eigenvalue weighted by molar-refractivity contribution is 5.25. The predicted molar refractivity (Wildman–Crippen MR) is 81.5 cm³/mol. The lowest BCUT2D eigenvalue weighted by molar-refractivity contribution is -0.737. The van der Waals surface area contributed by atoms with Crippen molar-refractivity contribution in [3.05, 3.63) is 65.5 Å². The molecule has 1 aliphatic heterocycles. The molecule has 2 aromatic rings. The van der Waals surface area contributed by atoms with Crippen LogP contribution < -0.4 is 10.3 Å². The molecule has 1 aromatic heterocycles. The lowest BCUT2D eigenvalue weighted by Crippen LogP contribution is -2.93. The zero-order valence-electron chi connectivity index (χ0n) is 12.7.